The molecule has 0 aromatic heterocycles. The number of carbonyl (C=O) groups excluding carboxylic acids is 2. The lowest BCUT2D eigenvalue weighted by molar-refractivity contribution is -0.140. The molecular formula is C33H38Cl3N3O5S. The lowest BCUT2D eigenvalue weighted by Crippen LogP contribution is -2.54. The van der Waals surface area contributed by atoms with E-state index in [1.165, 1.54) is 29.2 Å². The summed E-state index contributed by atoms with van der Waals surface area (Å²) in [7, 11) is -4.31. The molecule has 1 atom stereocenters. The van der Waals surface area contributed by atoms with Crippen molar-refractivity contribution in [2.45, 2.75) is 75.9 Å². The highest BCUT2D eigenvalue weighted by atomic mass is 35.5. The van der Waals surface area contributed by atoms with Crippen molar-refractivity contribution in [3.8, 4) is 5.75 Å². The number of hydrogen-bond donors (Lipinski definition) is 1. The Labute approximate surface area is 280 Å². The zero-order chi connectivity index (χ0) is 32.6. The van der Waals surface area contributed by atoms with Gasteiger partial charge in [-0.3, -0.25) is 13.9 Å². The molecule has 3 aromatic carbocycles. The number of amides is 2. The van der Waals surface area contributed by atoms with E-state index in [1.54, 1.807) is 49.4 Å². The van der Waals surface area contributed by atoms with Gasteiger partial charge in [0, 0.05) is 33.2 Å². The van der Waals surface area contributed by atoms with E-state index in [0.717, 1.165) is 36.4 Å². The van der Waals surface area contributed by atoms with Gasteiger partial charge in [-0.2, -0.15) is 0 Å². The highest BCUT2D eigenvalue weighted by molar-refractivity contribution is 7.92. The van der Waals surface area contributed by atoms with Crippen LogP contribution in [0.4, 0.5) is 5.69 Å². The second-order valence-electron chi connectivity index (χ2n) is 10.9. The van der Waals surface area contributed by atoms with Crippen LogP contribution in [-0.2, 0) is 26.2 Å². The molecule has 2 amide bonds. The van der Waals surface area contributed by atoms with Crippen LogP contribution in [-0.4, -0.2) is 50.4 Å². The number of hydrogen-bond acceptors (Lipinski definition) is 5. The average Bonchev–Trinajstić information content (AvgIpc) is 3.02. The lowest BCUT2D eigenvalue weighted by Gasteiger charge is -2.35. The summed E-state index contributed by atoms with van der Waals surface area (Å²) in [4.78, 5) is 29.5. The van der Waals surface area contributed by atoms with Crippen molar-refractivity contribution in [3.05, 3.63) is 87.4 Å². The first kappa shape index (κ1) is 34.9. The number of nitrogens with zero attached hydrogens (tertiary/aromatic N) is 2. The van der Waals surface area contributed by atoms with Crippen molar-refractivity contribution in [3.63, 3.8) is 0 Å². The first-order valence-electron chi connectivity index (χ1n) is 15.1. The van der Waals surface area contributed by atoms with E-state index in [9.17, 15) is 18.0 Å². The van der Waals surface area contributed by atoms with Crippen molar-refractivity contribution in [1.82, 2.24) is 10.2 Å². The smallest absolute Gasteiger partial charge is 0.264 e. The molecule has 4 rings (SSSR count). The van der Waals surface area contributed by atoms with Crippen LogP contribution in [0.2, 0.25) is 15.1 Å². The first-order chi connectivity index (χ1) is 21.6. The molecule has 12 heteroatoms. The Morgan fingerprint density at radius 1 is 0.911 bits per heavy atom. The normalized spacial score (nSPS) is 14.4. The fraction of sp³-hybridized carbons (Fsp3) is 0.394. The van der Waals surface area contributed by atoms with E-state index in [1.807, 2.05) is 6.92 Å². The van der Waals surface area contributed by atoms with Gasteiger partial charge >= 0.3 is 0 Å². The number of nitrogens with one attached hydrogen (secondary N) is 1. The Morgan fingerprint density at radius 3 is 2.18 bits per heavy atom. The van der Waals surface area contributed by atoms with Crippen LogP contribution in [0.3, 0.4) is 0 Å². The fourth-order valence-electron chi connectivity index (χ4n) is 5.51. The molecular weight excluding hydrogens is 657 g/mol. The molecule has 0 heterocycles. The Balaban J connectivity index is 1.78. The molecule has 0 spiro atoms. The maximum Gasteiger partial charge on any atom is 0.264 e. The van der Waals surface area contributed by atoms with Crippen LogP contribution < -0.4 is 14.4 Å². The SMILES string of the molecule is CCOc1ccccc1N(CC(=O)N(Cc1c(Cl)cccc1Cl)[C@H](CC)C(=O)NC1CCCCC1)S(=O)(=O)c1ccc(Cl)cc1. The van der Waals surface area contributed by atoms with Crippen LogP contribution in [0.5, 0.6) is 5.75 Å². The Morgan fingerprint density at radius 2 is 1.56 bits per heavy atom. The standard InChI is InChI=1S/C33H38Cl3N3O5S/c1-3-29(33(41)37-24-11-6-5-7-12-24)38(21-26-27(35)13-10-14-28(26)36)32(40)22-39(30-15-8-9-16-31(30)44-4-2)45(42,43)25-19-17-23(34)18-20-25/h8-10,13-20,24,29H,3-7,11-12,21-22H2,1-2H3,(H,37,41)/t29-/m1/s1. The molecule has 0 unspecified atom stereocenters. The van der Waals surface area contributed by atoms with Crippen LogP contribution in [0.15, 0.2) is 71.6 Å². The van der Waals surface area contributed by atoms with Gasteiger partial charge in [0.15, 0.2) is 0 Å². The van der Waals surface area contributed by atoms with Crippen molar-refractivity contribution in [1.29, 1.82) is 0 Å². The third-order valence-corrected chi connectivity index (χ3v) is 10.6. The Hall–Kier alpha value is -2.98. The van der Waals surface area contributed by atoms with Crippen LogP contribution in [0, 0.1) is 0 Å². The quantitative estimate of drug-likeness (QED) is 0.200. The molecule has 242 valence electrons. The summed E-state index contributed by atoms with van der Waals surface area (Å²) in [6, 6.07) is 16.4. The van der Waals surface area contributed by atoms with E-state index in [0.29, 0.717) is 20.6 Å². The Kier molecular flexibility index (Phi) is 12.4. The molecule has 1 fully saturated rings. The summed E-state index contributed by atoms with van der Waals surface area (Å²) in [6.45, 7) is 3.15. The van der Waals surface area contributed by atoms with E-state index in [-0.39, 0.29) is 47.9 Å². The lowest BCUT2D eigenvalue weighted by atomic mass is 9.95. The van der Waals surface area contributed by atoms with Gasteiger partial charge in [-0.15, -0.1) is 0 Å². The number of ether oxygens (including phenoxy) is 1. The number of carbonyl (C=O) groups is 2. The maximum atomic E-state index is 14.4. The molecule has 0 aliphatic heterocycles. The second-order valence-corrected chi connectivity index (χ2v) is 14.0. The third kappa shape index (κ3) is 8.64. The molecule has 1 saturated carbocycles. The van der Waals surface area contributed by atoms with E-state index in [4.69, 9.17) is 39.5 Å². The van der Waals surface area contributed by atoms with E-state index < -0.39 is 28.5 Å². The van der Waals surface area contributed by atoms with Crippen LogP contribution in [0.25, 0.3) is 0 Å². The molecule has 0 saturated heterocycles. The molecule has 8 nitrogen and oxygen atoms in total. The summed E-state index contributed by atoms with van der Waals surface area (Å²) < 4.78 is 35.2. The maximum absolute atomic E-state index is 14.4. The average molecular weight is 695 g/mol. The molecule has 0 radical (unpaired) electrons. The minimum Gasteiger partial charge on any atom is -0.492 e. The zero-order valence-corrected chi connectivity index (χ0v) is 28.4. The van der Waals surface area contributed by atoms with Gasteiger partial charge in [0.05, 0.1) is 17.2 Å². The van der Waals surface area contributed by atoms with Gasteiger partial charge in [0.1, 0.15) is 18.3 Å². The van der Waals surface area contributed by atoms with Crippen molar-refractivity contribution < 1.29 is 22.7 Å². The molecule has 1 aliphatic carbocycles. The topological polar surface area (TPSA) is 96.0 Å². The summed E-state index contributed by atoms with van der Waals surface area (Å²) in [5, 5.41) is 4.15. The molecule has 0 bridgehead atoms. The number of halogens is 3. The van der Waals surface area contributed by atoms with Gasteiger partial charge in [-0.05, 0) is 74.7 Å². The molecule has 45 heavy (non-hydrogen) atoms. The molecule has 3 aromatic rings. The number of benzene rings is 3. The van der Waals surface area contributed by atoms with Gasteiger partial charge < -0.3 is 15.0 Å². The van der Waals surface area contributed by atoms with E-state index >= 15 is 0 Å². The predicted octanol–water partition coefficient (Wildman–Crippen LogP) is 7.50. The van der Waals surface area contributed by atoms with Gasteiger partial charge in [0.25, 0.3) is 10.0 Å². The second kappa shape index (κ2) is 16.0. The van der Waals surface area contributed by atoms with Crippen molar-refractivity contribution in [2.75, 3.05) is 17.5 Å². The largest absolute Gasteiger partial charge is 0.492 e. The van der Waals surface area contributed by atoms with Gasteiger partial charge in [0.2, 0.25) is 11.8 Å². The van der Waals surface area contributed by atoms with Crippen molar-refractivity contribution in [2.24, 2.45) is 0 Å². The fourth-order valence-corrected chi connectivity index (χ4v) is 7.57. The number of anilines is 1. The predicted molar refractivity (Wildman–Crippen MR) is 180 cm³/mol. The zero-order valence-electron chi connectivity index (χ0n) is 25.3. The van der Waals surface area contributed by atoms with E-state index in [2.05, 4.69) is 5.32 Å². The van der Waals surface area contributed by atoms with Crippen LogP contribution in [0.1, 0.15) is 57.9 Å². The highest BCUT2D eigenvalue weighted by Crippen LogP contribution is 2.34. The van der Waals surface area contributed by atoms with Crippen LogP contribution >= 0.6 is 34.8 Å². The van der Waals surface area contributed by atoms with Crippen molar-refractivity contribution >= 4 is 62.3 Å². The Bertz CT molecular complexity index is 1560. The van der Waals surface area contributed by atoms with Gasteiger partial charge in [-0.1, -0.05) is 79.2 Å². The third-order valence-electron chi connectivity index (χ3n) is 7.84. The summed E-state index contributed by atoms with van der Waals surface area (Å²) >= 11 is 19.1. The molecule has 1 N–H and O–H groups in total. The monoisotopic (exact) mass is 693 g/mol. The number of sulfonamides is 1. The minimum atomic E-state index is -4.31. The minimum absolute atomic E-state index is 0.0148. The molecule has 1 aliphatic rings. The first-order valence-corrected chi connectivity index (χ1v) is 17.7. The number of para-hydroxylation sites is 2. The highest BCUT2D eigenvalue weighted by Gasteiger charge is 2.36. The van der Waals surface area contributed by atoms with Gasteiger partial charge in [-0.25, -0.2) is 8.42 Å². The summed E-state index contributed by atoms with van der Waals surface area (Å²) in [6.07, 6.45) is 5.19. The summed E-state index contributed by atoms with van der Waals surface area (Å²) in [5.41, 5.74) is 0.637. The number of rotatable bonds is 13. The summed E-state index contributed by atoms with van der Waals surface area (Å²) in [5.74, 6) is -0.628.